The highest BCUT2D eigenvalue weighted by molar-refractivity contribution is 5.83. The van der Waals surface area contributed by atoms with Gasteiger partial charge in [0.1, 0.15) is 23.7 Å². The first-order chi connectivity index (χ1) is 16.5. The average molecular weight is 456 g/mol. The second-order valence-electron chi connectivity index (χ2n) is 7.83. The van der Waals surface area contributed by atoms with E-state index in [9.17, 15) is 9.18 Å². The van der Waals surface area contributed by atoms with E-state index in [0.717, 1.165) is 11.3 Å². The van der Waals surface area contributed by atoms with Crippen LogP contribution in [0, 0.1) is 19.7 Å². The van der Waals surface area contributed by atoms with Crippen LogP contribution in [0.3, 0.4) is 0 Å². The van der Waals surface area contributed by atoms with Crippen molar-refractivity contribution in [2.24, 2.45) is 0 Å². The number of fused-ring (bicyclic) bond motifs is 1. The number of para-hydroxylation sites is 2. The van der Waals surface area contributed by atoms with Crippen molar-refractivity contribution >= 4 is 11.0 Å². The van der Waals surface area contributed by atoms with Crippen LogP contribution >= 0.6 is 0 Å². The number of halogens is 1. The molecule has 6 nitrogen and oxygen atoms in total. The highest BCUT2D eigenvalue weighted by atomic mass is 19.1. The normalized spacial score (nSPS) is 11.0. The molecule has 3 aromatic carbocycles. The number of rotatable bonds is 6. The second-order valence-corrected chi connectivity index (χ2v) is 7.83. The van der Waals surface area contributed by atoms with E-state index in [1.165, 1.54) is 12.1 Å². The van der Waals surface area contributed by atoms with Crippen molar-refractivity contribution in [2.75, 3.05) is 0 Å². The summed E-state index contributed by atoms with van der Waals surface area (Å²) < 4.78 is 33.3. The fourth-order valence-corrected chi connectivity index (χ4v) is 3.70. The van der Waals surface area contributed by atoms with Gasteiger partial charge in [-0.1, -0.05) is 30.3 Å². The van der Waals surface area contributed by atoms with Crippen molar-refractivity contribution in [3.63, 3.8) is 0 Å². The average Bonchev–Trinajstić information content (AvgIpc) is 3.32. The molecule has 2 aromatic heterocycles. The fourth-order valence-electron chi connectivity index (χ4n) is 3.70. The molecule has 0 spiro atoms. The monoisotopic (exact) mass is 456 g/mol. The van der Waals surface area contributed by atoms with Crippen LogP contribution in [-0.2, 0) is 6.61 Å². The summed E-state index contributed by atoms with van der Waals surface area (Å²) in [6.45, 7) is 3.74. The van der Waals surface area contributed by atoms with Gasteiger partial charge in [0.05, 0.1) is 17.3 Å². The third-order valence-electron chi connectivity index (χ3n) is 5.48. The highest BCUT2D eigenvalue weighted by Gasteiger charge is 2.18. The van der Waals surface area contributed by atoms with Gasteiger partial charge in [0.25, 0.3) is 0 Å². The molecule has 0 aliphatic rings. The Balaban J connectivity index is 1.41. The molecule has 0 aliphatic heterocycles. The Labute approximate surface area is 194 Å². The maximum Gasteiger partial charge on any atom is 0.235 e. The van der Waals surface area contributed by atoms with Gasteiger partial charge in [-0.15, -0.1) is 0 Å². The lowest BCUT2D eigenvalue weighted by atomic mass is 10.1. The van der Waals surface area contributed by atoms with E-state index >= 15 is 0 Å². The van der Waals surface area contributed by atoms with Gasteiger partial charge in [0.15, 0.2) is 11.6 Å². The predicted molar refractivity (Wildman–Crippen MR) is 126 cm³/mol. The molecule has 2 heterocycles. The quantitative estimate of drug-likeness (QED) is 0.309. The minimum absolute atomic E-state index is 0.0371. The highest BCUT2D eigenvalue weighted by Crippen LogP contribution is 2.31. The van der Waals surface area contributed by atoms with Crippen molar-refractivity contribution in [3.8, 4) is 22.9 Å². The van der Waals surface area contributed by atoms with E-state index in [1.54, 1.807) is 42.1 Å². The number of benzene rings is 3. The first kappa shape index (κ1) is 21.5. The molecule has 170 valence electrons. The van der Waals surface area contributed by atoms with Crippen molar-refractivity contribution in [1.82, 2.24) is 9.78 Å². The first-order valence-electron chi connectivity index (χ1n) is 10.7. The van der Waals surface area contributed by atoms with Gasteiger partial charge in [-0.3, -0.25) is 4.79 Å². The summed E-state index contributed by atoms with van der Waals surface area (Å²) in [6.07, 6.45) is 3.66. The van der Waals surface area contributed by atoms with Gasteiger partial charge < -0.3 is 13.9 Å². The smallest absolute Gasteiger partial charge is 0.235 e. The molecule has 34 heavy (non-hydrogen) atoms. The Bertz CT molecular complexity index is 1540. The molecule has 0 amide bonds. The summed E-state index contributed by atoms with van der Waals surface area (Å²) in [5.74, 6) is 0.205. The molecule has 5 rings (SSSR count). The van der Waals surface area contributed by atoms with Crippen LogP contribution in [0.25, 0.3) is 16.7 Å². The van der Waals surface area contributed by atoms with E-state index in [-0.39, 0.29) is 22.7 Å². The van der Waals surface area contributed by atoms with E-state index in [2.05, 4.69) is 5.10 Å². The maximum atomic E-state index is 14.0. The number of hydrogen-bond acceptors (Lipinski definition) is 5. The molecular weight excluding hydrogens is 435 g/mol. The zero-order chi connectivity index (χ0) is 23.7. The van der Waals surface area contributed by atoms with Crippen LogP contribution < -0.4 is 14.9 Å². The lowest BCUT2D eigenvalue weighted by Crippen LogP contribution is -2.09. The molecule has 0 unspecified atom stereocenters. The number of aryl methyl sites for hydroxylation is 2. The van der Waals surface area contributed by atoms with Gasteiger partial charge in [-0.05, 0) is 50.2 Å². The Kier molecular flexibility index (Phi) is 5.59. The van der Waals surface area contributed by atoms with Crippen LogP contribution in [0.5, 0.6) is 17.2 Å². The van der Waals surface area contributed by atoms with Crippen LogP contribution in [0.15, 0.2) is 88.3 Å². The molecule has 7 heteroatoms. The number of aromatic nitrogens is 2. The third kappa shape index (κ3) is 4.03. The molecule has 0 atom stereocenters. The summed E-state index contributed by atoms with van der Waals surface area (Å²) in [5, 5.41) is 4.71. The molecule has 0 fully saturated rings. The van der Waals surface area contributed by atoms with E-state index in [1.807, 2.05) is 43.5 Å². The largest absolute Gasteiger partial charge is 0.488 e. The molecule has 0 N–H and O–H groups in total. The topological polar surface area (TPSA) is 66.5 Å². The van der Waals surface area contributed by atoms with E-state index in [4.69, 9.17) is 13.9 Å². The van der Waals surface area contributed by atoms with Gasteiger partial charge in [0, 0.05) is 17.3 Å². The third-order valence-corrected chi connectivity index (χ3v) is 5.48. The standard InChI is InChI=1S/C27H21FN2O4/c1-17-23(32-16-19-14-29-30(15-19)20-8-4-3-5-9-20)13-12-21-25(31)27(18(2)33-26(17)21)34-24-11-7-6-10-22(24)28/h3-15H,16H2,1-2H3. The Morgan fingerprint density at radius 2 is 1.74 bits per heavy atom. The van der Waals surface area contributed by atoms with Gasteiger partial charge in [-0.25, -0.2) is 9.07 Å². The Morgan fingerprint density at radius 1 is 0.971 bits per heavy atom. The molecule has 0 bridgehead atoms. The minimum atomic E-state index is -0.558. The second kappa shape index (κ2) is 8.86. The van der Waals surface area contributed by atoms with Gasteiger partial charge in [0.2, 0.25) is 11.2 Å². The fraction of sp³-hybridized carbons (Fsp3) is 0.111. The van der Waals surface area contributed by atoms with Crippen molar-refractivity contribution < 1.29 is 18.3 Å². The van der Waals surface area contributed by atoms with Crippen LogP contribution in [0.4, 0.5) is 4.39 Å². The van der Waals surface area contributed by atoms with Gasteiger partial charge in [-0.2, -0.15) is 5.10 Å². The molecule has 5 aromatic rings. The predicted octanol–water partition coefficient (Wildman–Crippen LogP) is 6.11. The zero-order valence-electron chi connectivity index (χ0n) is 18.6. The molecule has 0 saturated heterocycles. The molecule has 0 radical (unpaired) electrons. The summed E-state index contributed by atoms with van der Waals surface area (Å²) in [6, 6.07) is 19.1. The summed E-state index contributed by atoms with van der Waals surface area (Å²) >= 11 is 0. The summed E-state index contributed by atoms with van der Waals surface area (Å²) in [7, 11) is 0. The lowest BCUT2D eigenvalue weighted by Gasteiger charge is -2.13. The van der Waals surface area contributed by atoms with E-state index in [0.29, 0.717) is 28.9 Å². The van der Waals surface area contributed by atoms with Crippen LogP contribution in [-0.4, -0.2) is 9.78 Å². The number of hydrogen-bond donors (Lipinski definition) is 0. The molecular formula is C27H21FN2O4. The number of ether oxygens (including phenoxy) is 2. The summed E-state index contributed by atoms with van der Waals surface area (Å²) in [4.78, 5) is 13.1. The van der Waals surface area contributed by atoms with Gasteiger partial charge >= 0.3 is 0 Å². The van der Waals surface area contributed by atoms with Crippen molar-refractivity contribution in [2.45, 2.75) is 20.5 Å². The van der Waals surface area contributed by atoms with E-state index < -0.39 is 5.82 Å². The first-order valence-corrected chi connectivity index (χ1v) is 10.7. The van der Waals surface area contributed by atoms with Crippen LogP contribution in [0.2, 0.25) is 0 Å². The van der Waals surface area contributed by atoms with Crippen molar-refractivity contribution in [3.05, 3.63) is 112 Å². The molecule has 0 saturated carbocycles. The minimum Gasteiger partial charge on any atom is -0.488 e. The summed E-state index contributed by atoms with van der Waals surface area (Å²) in [5.41, 5.74) is 2.57. The number of nitrogens with zero attached hydrogens (tertiary/aromatic N) is 2. The lowest BCUT2D eigenvalue weighted by molar-refractivity contribution is 0.304. The Hall–Kier alpha value is -4.39. The van der Waals surface area contributed by atoms with Crippen molar-refractivity contribution in [1.29, 1.82) is 0 Å². The maximum absolute atomic E-state index is 14.0. The van der Waals surface area contributed by atoms with Crippen LogP contribution in [0.1, 0.15) is 16.9 Å². The SMILES string of the molecule is Cc1oc2c(C)c(OCc3cnn(-c4ccccc4)c3)ccc2c(=O)c1Oc1ccccc1F. The Morgan fingerprint density at radius 3 is 2.53 bits per heavy atom. The molecule has 0 aliphatic carbocycles. The zero-order valence-corrected chi connectivity index (χ0v) is 18.6.